The number of hydrogen-bond donors (Lipinski definition) is 1. The van der Waals surface area contributed by atoms with E-state index in [0.29, 0.717) is 25.9 Å². The van der Waals surface area contributed by atoms with Crippen molar-refractivity contribution in [2.45, 2.75) is 24.2 Å². The van der Waals surface area contributed by atoms with Crippen molar-refractivity contribution in [2.24, 2.45) is 0 Å². The first-order valence-corrected chi connectivity index (χ1v) is 12.6. The fourth-order valence-electron chi connectivity index (χ4n) is 4.70. The molecule has 0 saturated carbocycles. The summed E-state index contributed by atoms with van der Waals surface area (Å²) in [6.45, 7) is 2.76. The van der Waals surface area contributed by atoms with Gasteiger partial charge in [0.15, 0.2) is 0 Å². The monoisotopic (exact) mass is 465 g/mol. The molecule has 1 aliphatic carbocycles. The number of fused-ring (bicyclic) bond motifs is 1. The van der Waals surface area contributed by atoms with E-state index < -0.39 is 10.0 Å². The standard InChI is InChI=1S/C24H24FN5O2S/c25-20-2-4-21(5-3-20)30-23-13-17-8-11-29(16-19(17)12-18(23)14-27-30)33(31,32)22-6-7-24(26-15-22)28-9-1-10-28/h2-7,13-15,27H,1,8-12,16H2. The Balaban J connectivity index is 1.22. The minimum atomic E-state index is -3.61. The third-order valence-electron chi connectivity index (χ3n) is 6.73. The number of rotatable bonds is 4. The molecule has 1 N–H and O–H groups in total. The Morgan fingerprint density at radius 1 is 1.03 bits per heavy atom. The molecular weight excluding hydrogens is 441 g/mol. The van der Waals surface area contributed by atoms with Gasteiger partial charge < -0.3 is 10.3 Å². The van der Waals surface area contributed by atoms with E-state index >= 15 is 0 Å². The van der Waals surface area contributed by atoms with Gasteiger partial charge in [-0.1, -0.05) is 0 Å². The minimum absolute atomic E-state index is 0.243. The van der Waals surface area contributed by atoms with Crippen LogP contribution in [0.4, 0.5) is 15.9 Å². The lowest BCUT2D eigenvalue weighted by atomic mass is 9.88. The molecule has 170 valence electrons. The van der Waals surface area contributed by atoms with E-state index in [2.05, 4.69) is 21.4 Å². The molecule has 7 nitrogen and oxygen atoms in total. The van der Waals surface area contributed by atoms with Gasteiger partial charge in [-0.2, -0.15) is 4.31 Å². The average Bonchev–Trinajstić information content (AvgIpc) is 3.19. The van der Waals surface area contributed by atoms with Gasteiger partial charge in [0.05, 0.1) is 11.4 Å². The van der Waals surface area contributed by atoms with Crippen molar-refractivity contribution in [2.75, 3.05) is 36.1 Å². The first-order valence-electron chi connectivity index (χ1n) is 11.1. The highest BCUT2D eigenvalue weighted by Gasteiger charge is 2.34. The Bertz CT molecular complexity index is 1300. The van der Waals surface area contributed by atoms with Crippen LogP contribution in [0.5, 0.6) is 0 Å². The number of nitrogens with zero attached hydrogens (tertiary/aromatic N) is 4. The van der Waals surface area contributed by atoms with Gasteiger partial charge in [-0.25, -0.2) is 17.8 Å². The summed E-state index contributed by atoms with van der Waals surface area (Å²) >= 11 is 0. The lowest BCUT2D eigenvalue weighted by Gasteiger charge is -2.33. The molecule has 0 amide bonds. The van der Waals surface area contributed by atoms with Crippen LogP contribution in [0, 0.1) is 5.82 Å². The SMILES string of the molecule is O=S(=O)(c1ccc(N2CCC2)nc1)N1CCC2=C(CC3=CNN(c4ccc(F)cc4)C3=C2)C1. The van der Waals surface area contributed by atoms with E-state index in [1.165, 1.54) is 23.9 Å². The summed E-state index contributed by atoms with van der Waals surface area (Å²) in [5, 5.41) is 1.94. The molecule has 6 rings (SSSR count). The highest BCUT2D eigenvalue weighted by atomic mass is 32.2. The fraction of sp³-hybridized carbons (Fsp3) is 0.292. The number of allylic oxidation sites excluding steroid dienone is 2. The van der Waals surface area contributed by atoms with Gasteiger partial charge in [0.1, 0.15) is 16.5 Å². The smallest absolute Gasteiger partial charge is 0.244 e. The van der Waals surface area contributed by atoms with E-state index in [0.717, 1.165) is 47.9 Å². The molecular formula is C24H24FN5O2S. The van der Waals surface area contributed by atoms with E-state index in [1.54, 1.807) is 28.6 Å². The van der Waals surface area contributed by atoms with E-state index in [1.807, 2.05) is 11.2 Å². The van der Waals surface area contributed by atoms with Gasteiger partial charge in [0.25, 0.3) is 0 Å². The predicted molar refractivity (Wildman–Crippen MR) is 124 cm³/mol. The fourth-order valence-corrected chi connectivity index (χ4v) is 6.08. The number of anilines is 2. The lowest BCUT2D eigenvalue weighted by Crippen LogP contribution is -2.39. The number of pyridine rings is 1. The molecule has 0 atom stereocenters. The first-order chi connectivity index (χ1) is 16.0. The minimum Gasteiger partial charge on any atom is -0.356 e. The van der Waals surface area contributed by atoms with Crippen LogP contribution in [0.25, 0.3) is 0 Å². The Morgan fingerprint density at radius 3 is 2.55 bits per heavy atom. The van der Waals surface area contributed by atoms with Crippen LogP contribution in [0.3, 0.4) is 0 Å². The van der Waals surface area contributed by atoms with E-state index in [9.17, 15) is 12.8 Å². The molecule has 33 heavy (non-hydrogen) atoms. The Labute approximate surface area is 192 Å². The summed E-state index contributed by atoms with van der Waals surface area (Å²) in [4.78, 5) is 6.76. The van der Waals surface area contributed by atoms with Crippen molar-refractivity contribution in [3.8, 4) is 0 Å². The summed E-state index contributed by atoms with van der Waals surface area (Å²) in [5.41, 5.74) is 8.52. The normalized spacial score (nSPS) is 20.5. The van der Waals surface area contributed by atoms with Crippen LogP contribution in [0.1, 0.15) is 19.3 Å². The van der Waals surface area contributed by atoms with E-state index in [-0.39, 0.29) is 10.7 Å². The van der Waals surface area contributed by atoms with Crippen LogP contribution in [-0.2, 0) is 10.0 Å². The molecule has 9 heteroatoms. The molecule has 0 spiro atoms. The quantitative estimate of drug-likeness (QED) is 0.747. The van der Waals surface area contributed by atoms with Gasteiger partial charge in [0.2, 0.25) is 10.0 Å². The van der Waals surface area contributed by atoms with Gasteiger partial charge in [0, 0.05) is 38.6 Å². The predicted octanol–water partition coefficient (Wildman–Crippen LogP) is 3.32. The zero-order chi connectivity index (χ0) is 22.6. The van der Waals surface area contributed by atoms with Gasteiger partial charge >= 0.3 is 0 Å². The number of hydrazine groups is 1. The molecule has 1 saturated heterocycles. The van der Waals surface area contributed by atoms with Gasteiger partial charge in [-0.15, -0.1) is 0 Å². The lowest BCUT2D eigenvalue weighted by molar-refractivity contribution is 0.418. The van der Waals surface area contributed by atoms with Crippen molar-refractivity contribution in [1.82, 2.24) is 14.7 Å². The largest absolute Gasteiger partial charge is 0.356 e. The Hall–Kier alpha value is -3.17. The average molecular weight is 466 g/mol. The number of halogens is 1. The van der Waals surface area contributed by atoms with Crippen LogP contribution >= 0.6 is 0 Å². The zero-order valence-corrected chi connectivity index (χ0v) is 18.9. The maximum absolute atomic E-state index is 13.3. The molecule has 1 aromatic heterocycles. The maximum atomic E-state index is 13.3. The van der Waals surface area contributed by atoms with Gasteiger partial charge in [-0.3, -0.25) is 5.01 Å². The second-order valence-electron chi connectivity index (χ2n) is 8.73. The molecule has 2 aromatic rings. The summed E-state index contributed by atoms with van der Waals surface area (Å²) in [7, 11) is -3.61. The number of aromatic nitrogens is 1. The highest BCUT2D eigenvalue weighted by molar-refractivity contribution is 7.89. The van der Waals surface area contributed by atoms with E-state index in [4.69, 9.17) is 0 Å². The van der Waals surface area contributed by atoms with Crippen molar-refractivity contribution >= 4 is 21.5 Å². The zero-order valence-electron chi connectivity index (χ0n) is 18.0. The Kier molecular flexibility index (Phi) is 4.77. The second-order valence-corrected chi connectivity index (χ2v) is 10.7. The highest BCUT2D eigenvalue weighted by Crippen LogP contribution is 2.39. The van der Waals surface area contributed by atoms with Crippen LogP contribution < -0.4 is 15.3 Å². The van der Waals surface area contributed by atoms with Crippen molar-refractivity contribution < 1.29 is 12.8 Å². The summed E-state index contributed by atoms with van der Waals surface area (Å²) in [6, 6.07) is 9.83. The van der Waals surface area contributed by atoms with Crippen LogP contribution in [-0.4, -0.2) is 43.9 Å². The topological polar surface area (TPSA) is 68.8 Å². The maximum Gasteiger partial charge on any atom is 0.244 e. The van der Waals surface area contributed by atoms with Gasteiger partial charge in [-0.05, 0) is 78.5 Å². The summed E-state index contributed by atoms with van der Waals surface area (Å²) in [5.74, 6) is 0.563. The second kappa shape index (κ2) is 7.71. The molecule has 0 radical (unpaired) electrons. The number of hydrogen-bond acceptors (Lipinski definition) is 6. The van der Waals surface area contributed by atoms with Crippen molar-refractivity contribution in [1.29, 1.82) is 0 Å². The molecule has 1 fully saturated rings. The number of sulfonamides is 1. The Morgan fingerprint density at radius 2 is 1.85 bits per heavy atom. The van der Waals surface area contributed by atoms with Crippen LogP contribution in [0.2, 0.25) is 0 Å². The third kappa shape index (κ3) is 3.52. The van der Waals surface area contributed by atoms with Crippen LogP contribution in [0.15, 0.2) is 82.2 Å². The van der Waals surface area contributed by atoms with Crippen molar-refractivity contribution in [3.05, 3.63) is 83.1 Å². The number of benzene rings is 1. The molecule has 0 bridgehead atoms. The molecule has 4 aliphatic rings. The molecule has 0 unspecified atom stereocenters. The summed E-state index contributed by atoms with van der Waals surface area (Å²) < 4.78 is 41.5. The molecule has 3 aliphatic heterocycles. The third-order valence-corrected chi connectivity index (χ3v) is 8.56. The molecule has 4 heterocycles. The van der Waals surface area contributed by atoms with Crippen molar-refractivity contribution in [3.63, 3.8) is 0 Å². The molecule has 1 aromatic carbocycles. The number of nitrogens with one attached hydrogen (secondary N) is 1. The summed E-state index contributed by atoms with van der Waals surface area (Å²) in [6.07, 6.45) is 8.03. The first kappa shape index (κ1) is 20.4.